The van der Waals surface area contributed by atoms with Crippen molar-refractivity contribution in [2.24, 2.45) is 5.92 Å². The van der Waals surface area contributed by atoms with Crippen molar-refractivity contribution in [1.29, 1.82) is 0 Å². The highest BCUT2D eigenvalue weighted by molar-refractivity contribution is 5.39. The van der Waals surface area contributed by atoms with Gasteiger partial charge in [-0.1, -0.05) is 39.5 Å². The van der Waals surface area contributed by atoms with Crippen LogP contribution < -0.4 is 5.32 Å². The number of unbranched alkanes of at least 4 members (excludes halogenated alkanes) is 3. The molecule has 1 aromatic rings. The van der Waals surface area contributed by atoms with Gasteiger partial charge >= 0.3 is 0 Å². The van der Waals surface area contributed by atoms with Gasteiger partial charge in [0.2, 0.25) is 0 Å². The van der Waals surface area contributed by atoms with E-state index in [0.29, 0.717) is 0 Å². The van der Waals surface area contributed by atoms with Crippen LogP contribution in [0.3, 0.4) is 0 Å². The van der Waals surface area contributed by atoms with Crippen molar-refractivity contribution in [2.45, 2.75) is 59.8 Å². The Hall–Kier alpha value is -1.12. The van der Waals surface area contributed by atoms with Crippen LogP contribution in [-0.2, 0) is 0 Å². The smallest absolute Gasteiger partial charge is 0.147 e. The first kappa shape index (κ1) is 14.9. The van der Waals surface area contributed by atoms with Crippen LogP contribution in [0.1, 0.15) is 57.3 Å². The van der Waals surface area contributed by atoms with E-state index in [1.807, 2.05) is 20.0 Å². The van der Waals surface area contributed by atoms with Gasteiger partial charge < -0.3 is 5.32 Å². The predicted molar refractivity (Wildman–Crippen MR) is 77.9 cm³/mol. The van der Waals surface area contributed by atoms with Crippen molar-refractivity contribution in [2.75, 3.05) is 11.9 Å². The topological polar surface area (TPSA) is 37.8 Å². The first-order valence-corrected chi connectivity index (χ1v) is 7.13. The van der Waals surface area contributed by atoms with E-state index in [0.717, 1.165) is 29.7 Å². The monoisotopic (exact) mass is 249 g/mol. The number of nitrogens with zero attached hydrogens (tertiary/aromatic N) is 2. The maximum Gasteiger partial charge on any atom is 0.147 e. The molecule has 0 fully saturated rings. The molecule has 0 aliphatic heterocycles. The minimum Gasteiger partial charge on any atom is -0.369 e. The number of hydrogen-bond acceptors (Lipinski definition) is 3. The molecule has 0 aromatic carbocycles. The largest absolute Gasteiger partial charge is 0.369 e. The molecule has 102 valence electrons. The van der Waals surface area contributed by atoms with Crippen molar-refractivity contribution in [1.82, 2.24) is 9.97 Å². The second-order valence-electron chi connectivity index (χ2n) is 5.47. The molecule has 0 spiro atoms. The zero-order chi connectivity index (χ0) is 13.4. The van der Waals surface area contributed by atoms with Gasteiger partial charge in [-0.25, -0.2) is 4.98 Å². The second kappa shape index (κ2) is 8.06. The number of nitrogens with one attached hydrogen (secondary N) is 1. The first-order valence-electron chi connectivity index (χ1n) is 7.13. The van der Waals surface area contributed by atoms with E-state index >= 15 is 0 Å². The number of aryl methyl sites for hydroxylation is 2. The van der Waals surface area contributed by atoms with Gasteiger partial charge in [0, 0.05) is 12.7 Å². The molecule has 0 saturated carbocycles. The average Bonchev–Trinajstić information content (AvgIpc) is 2.32. The van der Waals surface area contributed by atoms with E-state index < -0.39 is 0 Å². The Morgan fingerprint density at radius 3 is 2.56 bits per heavy atom. The van der Waals surface area contributed by atoms with Crippen LogP contribution in [0.15, 0.2) is 6.20 Å². The van der Waals surface area contributed by atoms with Gasteiger partial charge in [-0.2, -0.15) is 0 Å². The van der Waals surface area contributed by atoms with Crippen molar-refractivity contribution in [3.63, 3.8) is 0 Å². The van der Waals surface area contributed by atoms with Crippen molar-refractivity contribution >= 4 is 5.82 Å². The Bertz CT molecular complexity index is 348. The Kier molecular flexibility index (Phi) is 6.69. The molecule has 0 saturated heterocycles. The van der Waals surface area contributed by atoms with Gasteiger partial charge in [0.15, 0.2) is 0 Å². The zero-order valence-corrected chi connectivity index (χ0v) is 12.3. The van der Waals surface area contributed by atoms with Gasteiger partial charge in [0.05, 0.1) is 11.4 Å². The Balaban J connectivity index is 2.12. The molecule has 0 aliphatic carbocycles. The highest BCUT2D eigenvalue weighted by Crippen LogP contribution is 2.11. The lowest BCUT2D eigenvalue weighted by Crippen LogP contribution is -2.06. The summed E-state index contributed by atoms with van der Waals surface area (Å²) in [6.07, 6.45) is 8.40. The first-order chi connectivity index (χ1) is 8.59. The SMILES string of the molecule is Cc1cnc(C)c(NCCCCCCC(C)C)n1. The van der Waals surface area contributed by atoms with Crippen LogP contribution in [0, 0.1) is 19.8 Å². The minimum atomic E-state index is 0.841. The lowest BCUT2D eigenvalue weighted by atomic mass is 10.0. The summed E-state index contributed by atoms with van der Waals surface area (Å²) in [7, 11) is 0. The molecule has 0 bridgehead atoms. The zero-order valence-electron chi connectivity index (χ0n) is 12.3. The Morgan fingerprint density at radius 2 is 1.83 bits per heavy atom. The third-order valence-corrected chi connectivity index (χ3v) is 3.08. The molecule has 3 heteroatoms. The molecule has 18 heavy (non-hydrogen) atoms. The molecule has 3 nitrogen and oxygen atoms in total. The number of aromatic nitrogens is 2. The molecule has 0 atom stereocenters. The van der Waals surface area contributed by atoms with E-state index in [1.54, 1.807) is 0 Å². The summed E-state index contributed by atoms with van der Waals surface area (Å²) in [5.74, 6) is 1.78. The number of anilines is 1. The molecule has 1 aromatic heterocycles. The summed E-state index contributed by atoms with van der Waals surface area (Å²) < 4.78 is 0. The van der Waals surface area contributed by atoms with Crippen LogP contribution in [0.5, 0.6) is 0 Å². The lowest BCUT2D eigenvalue weighted by molar-refractivity contribution is 0.523. The fraction of sp³-hybridized carbons (Fsp3) is 0.733. The van der Waals surface area contributed by atoms with Crippen LogP contribution in [-0.4, -0.2) is 16.5 Å². The summed E-state index contributed by atoms with van der Waals surface area (Å²) in [6, 6.07) is 0. The van der Waals surface area contributed by atoms with Gasteiger partial charge in [-0.05, 0) is 26.2 Å². The molecule has 1 heterocycles. The summed E-state index contributed by atoms with van der Waals surface area (Å²) in [5.41, 5.74) is 1.96. The fourth-order valence-corrected chi connectivity index (χ4v) is 1.94. The Morgan fingerprint density at radius 1 is 1.11 bits per heavy atom. The molecule has 1 N–H and O–H groups in total. The van der Waals surface area contributed by atoms with Gasteiger partial charge in [0.25, 0.3) is 0 Å². The maximum absolute atomic E-state index is 4.46. The summed E-state index contributed by atoms with van der Waals surface area (Å²) in [4.78, 5) is 8.76. The third-order valence-electron chi connectivity index (χ3n) is 3.08. The molecule has 0 radical (unpaired) electrons. The van der Waals surface area contributed by atoms with E-state index in [2.05, 4.69) is 29.1 Å². The molecule has 0 aliphatic rings. The van der Waals surface area contributed by atoms with Crippen molar-refractivity contribution in [3.8, 4) is 0 Å². The van der Waals surface area contributed by atoms with E-state index in [4.69, 9.17) is 0 Å². The summed E-state index contributed by atoms with van der Waals surface area (Å²) >= 11 is 0. The van der Waals surface area contributed by atoms with E-state index in [1.165, 1.54) is 32.1 Å². The highest BCUT2D eigenvalue weighted by Gasteiger charge is 2.00. The fourth-order valence-electron chi connectivity index (χ4n) is 1.94. The standard InChI is InChI=1S/C15H27N3/c1-12(2)9-7-5-6-8-10-16-15-14(4)17-11-13(3)18-15/h11-12H,5-10H2,1-4H3,(H,16,18). The summed E-state index contributed by atoms with van der Waals surface area (Å²) in [5, 5.41) is 3.38. The number of hydrogen-bond donors (Lipinski definition) is 1. The molecular weight excluding hydrogens is 222 g/mol. The molecular formula is C15H27N3. The van der Waals surface area contributed by atoms with Crippen LogP contribution in [0.2, 0.25) is 0 Å². The van der Waals surface area contributed by atoms with Crippen molar-refractivity contribution < 1.29 is 0 Å². The Labute approximate surface area is 111 Å². The summed E-state index contributed by atoms with van der Waals surface area (Å²) in [6.45, 7) is 9.56. The van der Waals surface area contributed by atoms with Crippen LogP contribution >= 0.6 is 0 Å². The quantitative estimate of drug-likeness (QED) is 0.704. The lowest BCUT2D eigenvalue weighted by Gasteiger charge is -2.08. The highest BCUT2D eigenvalue weighted by atomic mass is 15.0. The van der Waals surface area contributed by atoms with Gasteiger partial charge in [0.1, 0.15) is 5.82 Å². The number of rotatable bonds is 8. The van der Waals surface area contributed by atoms with E-state index in [-0.39, 0.29) is 0 Å². The minimum absolute atomic E-state index is 0.841. The van der Waals surface area contributed by atoms with Gasteiger partial charge in [-0.3, -0.25) is 4.98 Å². The van der Waals surface area contributed by atoms with E-state index in [9.17, 15) is 0 Å². The molecule has 1 rings (SSSR count). The second-order valence-corrected chi connectivity index (χ2v) is 5.47. The molecule has 0 unspecified atom stereocenters. The average molecular weight is 249 g/mol. The maximum atomic E-state index is 4.46. The van der Waals surface area contributed by atoms with Crippen LogP contribution in [0.4, 0.5) is 5.82 Å². The normalized spacial score (nSPS) is 10.9. The molecule has 0 amide bonds. The predicted octanol–water partition coefficient (Wildman–Crippen LogP) is 4.11. The van der Waals surface area contributed by atoms with Gasteiger partial charge in [-0.15, -0.1) is 0 Å². The van der Waals surface area contributed by atoms with Crippen LogP contribution in [0.25, 0.3) is 0 Å². The van der Waals surface area contributed by atoms with Crippen molar-refractivity contribution in [3.05, 3.63) is 17.6 Å². The third kappa shape index (κ3) is 5.99.